The minimum absolute atomic E-state index is 0.0542. The van der Waals surface area contributed by atoms with Gasteiger partial charge in [0.15, 0.2) is 11.6 Å². The van der Waals surface area contributed by atoms with E-state index in [1.54, 1.807) is 29.6 Å². The molecule has 2 aliphatic rings. The predicted molar refractivity (Wildman–Crippen MR) is 136 cm³/mol. The SMILES string of the molecule is CCCC1(CCC)C(=O)C(C2=NS(O)(O)c3cc(NC(=O)C(F)(F)F)ccc3N2)=C(O)c2ccccc21. The van der Waals surface area contributed by atoms with E-state index in [1.165, 1.54) is 6.07 Å². The number of benzene rings is 2. The fourth-order valence-electron chi connectivity index (χ4n) is 4.97. The first-order valence-corrected chi connectivity index (χ1v) is 13.1. The summed E-state index contributed by atoms with van der Waals surface area (Å²) in [5.41, 5.74) is -0.286. The molecule has 8 nitrogen and oxygen atoms in total. The second-order valence-electron chi connectivity index (χ2n) is 8.93. The fourth-order valence-corrected chi connectivity index (χ4v) is 6.16. The summed E-state index contributed by atoms with van der Waals surface area (Å²) >= 11 is 0. The molecule has 0 radical (unpaired) electrons. The average Bonchev–Trinajstić information content (AvgIpc) is 2.82. The van der Waals surface area contributed by atoms with E-state index >= 15 is 0 Å². The van der Waals surface area contributed by atoms with Crippen molar-refractivity contribution in [3.8, 4) is 0 Å². The van der Waals surface area contributed by atoms with Crippen LogP contribution in [0, 0.1) is 0 Å². The third-order valence-corrected chi connectivity index (χ3v) is 7.82. The molecule has 1 heterocycles. The Bertz CT molecular complexity index is 1330. The van der Waals surface area contributed by atoms with E-state index in [9.17, 15) is 37.0 Å². The van der Waals surface area contributed by atoms with Gasteiger partial charge in [0.2, 0.25) is 0 Å². The van der Waals surface area contributed by atoms with E-state index in [0.717, 1.165) is 12.1 Å². The van der Waals surface area contributed by atoms with Gasteiger partial charge in [-0.15, -0.1) is 4.40 Å². The van der Waals surface area contributed by atoms with Gasteiger partial charge in [-0.1, -0.05) is 61.7 Å². The van der Waals surface area contributed by atoms with Crippen molar-refractivity contribution in [1.29, 1.82) is 0 Å². The first kappa shape index (κ1) is 26.7. The van der Waals surface area contributed by atoms with Crippen molar-refractivity contribution >= 4 is 45.4 Å². The van der Waals surface area contributed by atoms with Crippen molar-refractivity contribution in [3.05, 3.63) is 59.2 Å². The van der Waals surface area contributed by atoms with Crippen LogP contribution in [0.5, 0.6) is 0 Å². The first-order chi connectivity index (χ1) is 17.4. The van der Waals surface area contributed by atoms with Crippen LogP contribution in [0.4, 0.5) is 24.5 Å². The highest BCUT2D eigenvalue weighted by molar-refractivity contribution is 8.23. The third kappa shape index (κ3) is 4.60. The van der Waals surface area contributed by atoms with Gasteiger partial charge in [0, 0.05) is 11.3 Å². The van der Waals surface area contributed by atoms with E-state index in [2.05, 4.69) is 9.71 Å². The molecule has 0 saturated carbocycles. The number of hydrogen-bond acceptors (Lipinski definition) is 7. The van der Waals surface area contributed by atoms with Crippen molar-refractivity contribution in [2.75, 3.05) is 10.6 Å². The van der Waals surface area contributed by atoms with Gasteiger partial charge >= 0.3 is 12.1 Å². The van der Waals surface area contributed by atoms with Gasteiger partial charge in [-0.25, -0.2) is 0 Å². The Labute approximate surface area is 212 Å². The molecule has 0 fully saturated rings. The van der Waals surface area contributed by atoms with Gasteiger partial charge in [-0.05, 0) is 36.6 Å². The topological polar surface area (TPSA) is 131 Å². The number of carbonyl (C=O) groups is 2. The Morgan fingerprint density at radius 3 is 2.38 bits per heavy atom. The number of ketones is 1. The second-order valence-corrected chi connectivity index (χ2v) is 10.6. The number of alkyl halides is 3. The number of aliphatic hydroxyl groups is 1. The Kier molecular flexibility index (Phi) is 6.86. The van der Waals surface area contributed by atoms with Crippen molar-refractivity contribution in [1.82, 2.24) is 0 Å². The van der Waals surface area contributed by atoms with Crippen molar-refractivity contribution in [2.24, 2.45) is 4.40 Å². The standard InChI is InChI=1S/C25H26F3N3O5S/c1-3-11-24(12-4-2)16-8-6-5-7-15(16)20(32)19(21(24)33)22-30-17-10-9-14(29-23(34)25(26,27)28)13-18(17)37(35,36)31-22/h5-10,13,32,35-36H,3-4,11-12H2,1-2H3,(H,29,34)(H,30,31). The zero-order valence-electron chi connectivity index (χ0n) is 20.0. The van der Waals surface area contributed by atoms with E-state index in [-0.39, 0.29) is 33.4 Å². The lowest BCUT2D eigenvalue weighted by molar-refractivity contribution is -0.167. The number of Topliss-reactive ketones (excluding diaryl/α,β-unsaturated/α-hetero) is 1. The number of hydrogen-bond donors (Lipinski definition) is 5. The zero-order valence-corrected chi connectivity index (χ0v) is 20.8. The lowest BCUT2D eigenvalue weighted by Gasteiger charge is -2.40. The Morgan fingerprint density at radius 1 is 1.11 bits per heavy atom. The molecule has 198 valence electrons. The van der Waals surface area contributed by atoms with Crippen LogP contribution in [0.3, 0.4) is 0 Å². The molecular weight excluding hydrogens is 511 g/mol. The maximum atomic E-state index is 14.0. The molecule has 2 aromatic carbocycles. The first-order valence-electron chi connectivity index (χ1n) is 11.6. The largest absolute Gasteiger partial charge is 0.506 e. The normalized spacial score (nSPS) is 18.8. The number of aliphatic hydroxyl groups excluding tert-OH is 1. The quantitative estimate of drug-likeness (QED) is 0.289. The molecule has 2 aromatic rings. The Balaban J connectivity index is 1.81. The maximum absolute atomic E-state index is 14.0. The summed E-state index contributed by atoms with van der Waals surface area (Å²) in [4.78, 5) is 25.1. The summed E-state index contributed by atoms with van der Waals surface area (Å²) in [6.45, 7) is 3.90. The molecular formula is C25H26F3N3O5S. The number of amides is 1. The molecule has 1 aliphatic carbocycles. The summed E-state index contributed by atoms with van der Waals surface area (Å²) in [7, 11) is -4.02. The van der Waals surface area contributed by atoms with Crippen LogP contribution in [0.25, 0.3) is 5.76 Å². The molecule has 5 N–H and O–H groups in total. The molecule has 12 heteroatoms. The highest BCUT2D eigenvalue weighted by Gasteiger charge is 2.48. The lowest BCUT2D eigenvalue weighted by Crippen LogP contribution is -2.44. The highest BCUT2D eigenvalue weighted by atomic mass is 32.3. The Hall–Kier alpha value is -3.35. The molecule has 0 unspecified atom stereocenters. The van der Waals surface area contributed by atoms with Gasteiger partial charge in [-0.2, -0.15) is 13.2 Å². The predicted octanol–water partition coefficient (Wildman–Crippen LogP) is 6.43. The van der Waals surface area contributed by atoms with Crippen LogP contribution in [-0.4, -0.2) is 37.9 Å². The van der Waals surface area contributed by atoms with Crippen molar-refractivity contribution in [3.63, 3.8) is 0 Å². The fraction of sp³-hybridized carbons (Fsp3) is 0.320. The molecule has 0 spiro atoms. The highest BCUT2D eigenvalue weighted by Crippen LogP contribution is 2.57. The van der Waals surface area contributed by atoms with Crippen LogP contribution in [-0.2, 0) is 15.0 Å². The smallest absolute Gasteiger partial charge is 0.471 e. The van der Waals surface area contributed by atoms with Crippen molar-refractivity contribution in [2.45, 2.75) is 56.0 Å². The van der Waals surface area contributed by atoms with Crippen LogP contribution < -0.4 is 10.6 Å². The van der Waals surface area contributed by atoms with Gasteiger partial charge in [0.1, 0.15) is 16.2 Å². The summed E-state index contributed by atoms with van der Waals surface area (Å²) in [6.07, 6.45) is -2.78. The number of halogens is 3. The number of rotatable bonds is 6. The van der Waals surface area contributed by atoms with Gasteiger partial charge in [-0.3, -0.25) is 18.7 Å². The van der Waals surface area contributed by atoms with E-state index in [4.69, 9.17) is 0 Å². The van der Waals surface area contributed by atoms with E-state index in [0.29, 0.717) is 36.8 Å². The minimum atomic E-state index is -5.13. The average molecular weight is 538 g/mol. The molecule has 0 atom stereocenters. The van der Waals surface area contributed by atoms with Gasteiger partial charge < -0.3 is 15.7 Å². The molecule has 4 rings (SSSR count). The molecule has 1 amide bonds. The zero-order chi connectivity index (χ0) is 27.2. The minimum Gasteiger partial charge on any atom is -0.506 e. The summed E-state index contributed by atoms with van der Waals surface area (Å²) < 4.78 is 63.5. The summed E-state index contributed by atoms with van der Waals surface area (Å²) in [6, 6.07) is 10.3. The number of fused-ring (bicyclic) bond motifs is 2. The second kappa shape index (κ2) is 9.51. The van der Waals surface area contributed by atoms with Gasteiger partial charge in [0.05, 0.1) is 11.1 Å². The van der Waals surface area contributed by atoms with Crippen LogP contribution >= 0.6 is 10.8 Å². The summed E-state index contributed by atoms with van der Waals surface area (Å²) in [5.74, 6) is -3.25. The molecule has 1 aliphatic heterocycles. The Morgan fingerprint density at radius 2 is 1.76 bits per heavy atom. The van der Waals surface area contributed by atoms with Crippen LogP contribution in [0.15, 0.2) is 57.3 Å². The molecule has 37 heavy (non-hydrogen) atoms. The van der Waals surface area contributed by atoms with Gasteiger partial charge in [0.25, 0.3) is 0 Å². The summed E-state index contributed by atoms with van der Waals surface area (Å²) in [5, 5.41) is 15.7. The monoisotopic (exact) mass is 537 g/mol. The number of nitrogens with zero attached hydrogens (tertiary/aromatic N) is 1. The van der Waals surface area contributed by atoms with E-state index in [1.807, 2.05) is 13.8 Å². The third-order valence-electron chi connectivity index (χ3n) is 6.45. The van der Waals surface area contributed by atoms with Crippen LogP contribution in [0.1, 0.15) is 50.7 Å². The molecule has 0 saturated heterocycles. The number of carbonyl (C=O) groups excluding carboxylic acids is 2. The molecule has 0 bridgehead atoms. The van der Waals surface area contributed by atoms with Crippen molar-refractivity contribution < 1.29 is 37.0 Å². The van der Waals surface area contributed by atoms with E-state index < -0.39 is 34.1 Å². The maximum Gasteiger partial charge on any atom is 0.471 e. The lowest BCUT2D eigenvalue weighted by atomic mass is 9.63. The van der Waals surface area contributed by atoms with Crippen LogP contribution in [0.2, 0.25) is 0 Å². The number of anilines is 2. The molecule has 0 aromatic heterocycles. The number of nitrogens with one attached hydrogen (secondary N) is 2. The number of amidine groups is 1.